The van der Waals surface area contributed by atoms with Crippen molar-refractivity contribution in [1.29, 1.82) is 0 Å². The van der Waals surface area contributed by atoms with E-state index >= 15 is 0 Å². The number of halogens is 2. The molecule has 1 aromatic heterocycles. The van der Waals surface area contributed by atoms with Crippen LogP contribution in [0.4, 0.5) is 0 Å². The van der Waals surface area contributed by atoms with Crippen molar-refractivity contribution in [3.05, 3.63) is 45.3 Å². The van der Waals surface area contributed by atoms with Crippen molar-refractivity contribution in [2.24, 2.45) is 0 Å². The molecule has 2 saturated heterocycles. The summed E-state index contributed by atoms with van der Waals surface area (Å²) in [6, 6.07) is 6.05. The molecule has 0 saturated carbocycles. The minimum atomic E-state index is -0.586. The average molecular weight is 399 g/mol. The second-order valence-corrected chi connectivity index (χ2v) is 7.11. The molecule has 2 fully saturated rings. The first kappa shape index (κ1) is 19.2. The Hall–Kier alpha value is -1.60. The van der Waals surface area contributed by atoms with Gasteiger partial charge in [-0.15, -0.1) is 12.4 Å². The summed E-state index contributed by atoms with van der Waals surface area (Å²) < 4.78 is 11.7. The molecule has 140 valence electrons. The van der Waals surface area contributed by atoms with Crippen molar-refractivity contribution in [3.63, 3.8) is 0 Å². The van der Waals surface area contributed by atoms with E-state index in [1.807, 2.05) is 0 Å². The van der Waals surface area contributed by atoms with Gasteiger partial charge in [0.1, 0.15) is 11.3 Å². The van der Waals surface area contributed by atoms with Gasteiger partial charge in [-0.3, -0.25) is 9.59 Å². The number of carbonyl (C=O) groups is 1. The Morgan fingerprint density at radius 2 is 1.92 bits per heavy atom. The zero-order chi connectivity index (χ0) is 17.6. The number of nitrogens with zero attached hydrogens (tertiary/aromatic N) is 2. The van der Waals surface area contributed by atoms with Gasteiger partial charge in [0.25, 0.3) is 5.91 Å². The van der Waals surface area contributed by atoms with Crippen LogP contribution in [-0.4, -0.2) is 54.7 Å². The molecule has 0 unspecified atom stereocenters. The lowest BCUT2D eigenvalue weighted by Crippen LogP contribution is -2.54. The van der Waals surface area contributed by atoms with Crippen molar-refractivity contribution >= 4 is 40.9 Å². The largest absolute Gasteiger partial charge is 0.451 e. The molecule has 1 amide bonds. The fourth-order valence-electron chi connectivity index (χ4n) is 3.64. The van der Waals surface area contributed by atoms with E-state index in [-0.39, 0.29) is 29.5 Å². The second kappa shape index (κ2) is 7.19. The van der Waals surface area contributed by atoms with Gasteiger partial charge in [0.15, 0.2) is 11.2 Å². The molecule has 8 heteroatoms. The van der Waals surface area contributed by atoms with Crippen molar-refractivity contribution in [1.82, 2.24) is 9.80 Å². The van der Waals surface area contributed by atoms with Crippen molar-refractivity contribution in [2.45, 2.75) is 18.6 Å². The average Bonchev–Trinajstić information content (AvgIpc) is 3.01. The van der Waals surface area contributed by atoms with Crippen LogP contribution in [-0.2, 0) is 4.74 Å². The number of amides is 1. The number of carbonyl (C=O) groups excluding carboxylic acids is 1. The predicted octanol–water partition coefficient (Wildman–Crippen LogP) is 2.76. The van der Waals surface area contributed by atoms with E-state index in [4.69, 9.17) is 20.8 Å². The molecule has 2 aromatic rings. The van der Waals surface area contributed by atoms with Crippen LogP contribution >= 0.6 is 24.0 Å². The Morgan fingerprint density at radius 3 is 2.65 bits per heavy atom. The van der Waals surface area contributed by atoms with Crippen molar-refractivity contribution < 1.29 is 13.9 Å². The predicted molar refractivity (Wildman–Crippen MR) is 101 cm³/mol. The maximum absolute atomic E-state index is 13.0. The Balaban J connectivity index is 0.00000196. The monoisotopic (exact) mass is 398 g/mol. The van der Waals surface area contributed by atoms with Gasteiger partial charge in [-0.2, -0.15) is 0 Å². The van der Waals surface area contributed by atoms with Gasteiger partial charge < -0.3 is 19.0 Å². The summed E-state index contributed by atoms with van der Waals surface area (Å²) in [6.45, 7) is 2.74. The van der Waals surface area contributed by atoms with Gasteiger partial charge in [0.2, 0.25) is 0 Å². The summed E-state index contributed by atoms with van der Waals surface area (Å²) in [6.07, 6.45) is 1.51. The van der Waals surface area contributed by atoms with Gasteiger partial charge >= 0.3 is 0 Å². The highest BCUT2D eigenvalue weighted by molar-refractivity contribution is 6.31. The number of piperidine rings is 1. The number of hydrogen-bond acceptors (Lipinski definition) is 5. The van der Waals surface area contributed by atoms with Crippen LogP contribution in [0.25, 0.3) is 11.0 Å². The number of fused-ring (bicyclic) bond motifs is 1. The molecule has 3 heterocycles. The molecule has 26 heavy (non-hydrogen) atoms. The van der Waals surface area contributed by atoms with E-state index in [1.54, 1.807) is 23.1 Å². The number of rotatable bonds is 1. The van der Waals surface area contributed by atoms with E-state index < -0.39 is 5.72 Å². The first-order valence-corrected chi connectivity index (χ1v) is 8.74. The fourth-order valence-corrected chi connectivity index (χ4v) is 3.82. The first-order valence-electron chi connectivity index (χ1n) is 8.36. The quantitative estimate of drug-likeness (QED) is 0.738. The normalized spacial score (nSPS) is 19.7. The van der Waals surface area contributed by atoms with Gasteiger partial charge in [0, 0.05) is 43.6 Å². The first-order chi connectivity index (χ1) is 12.0. The third-order valence-corrected chi connectivity index (χ3v) is 5.33. The summed E-state index contributed by atoms with van der Waals surface area (Å²) in [5.74, 6) is -0.250. The standard InChI is InChI=1S/C18H19ClN2O4.ClH/c1-20-6-4-18(5-7-20)21(8-9-24-18)17(23)16-11-14(22)13-10-12(19)2-3-15(13)25-16;/h2-3,10-11H,4-9H2,1H3;1H. The van der Waals surface area contributed by atoms with Crippen LogP contribution in [0.5, 0.6) is 0 Å². The highest BCUT2D eigenvalue weighted by atomic mass is 35.5. The number of ether oxygens (including phenoxy) is 1. The molecule has 0 radical (unpaired) electrons. The highest BCUT2D eigenvalue weighted by Crippen LogP contribution is 2.35. The van der Waals surface area contributed by atoms with E-state index in [9.17, 15) is 9.59 Å². The van der Waals surface area contributed by atoms with E-state index in [0.29, 0.717) is 29.1 Å². The molecule has 0 N–H and O–H groups in total. The number of likely N-dealkylation sites (tertiary alicyclic amines) is 1. The van der Waals surface area contributed by atoms with Gasteiger partial charge in [-0.1, -0.05) is 11.6 Å². The van der Waals surface area contributed by atoms with Crippen molar-refractivity contribution in [2.75, 3.05) is 33.3 Å². The molecular formula is C18H20Cl2N2O4. The Kier molecular flexibility index (Phi) is 5.30. The Morgan fingerprint density at radius 1 is 1.19 bits per heavy atom. The summed E-state index contributed by atoms with van der Waals surface area (Å²) >= 11 is 5.93. The third-order valence-electron chi connectivity index (χ3n) is 5.09. The molecule has 1 spiro atoms. The Bertz CT molecular complexity index is 890. The number of hydrogen-bond donors (Lipinski definition) is 0. The molecule has 4 rings (SSSR count). The molecule has 6 nitrogen and oxygen atoms in total. The van der Waals surface area contributed by atoms with Gasteiger partial charge in [0.05, 0.1) is 12.0 Å². The van der Waals surface area contributed by atoms with Gasteiger partial charge in [-0.25, -0.2) is 0 Å². The van der Waals surface area contributed by atoms with Crippen LogP contribution in [0, 0.1) is 0 Å². The molecule has 0 aliphatic carbocycles. The Labute approximate surface area is 162 Å². The zero-order valence-electron chi connectivity index (χ0n) is 14.4. The minimum absolute atomic E-state index is 0. The van der Waals surface area contributed by atoms with Crippen molar-refractivity contribution in [3.8, 4) is 0 Å². The summed E-state index contributed by atoms with van der Waals surface area (Å²) in [7, 11) is 2.06. The van der Waals surface area contributed by atoms with E-state index in [2.05, 4.69) is 11.9 Å². The van der Waals surface area contributed by atoms with E-state index in [1.165, 1.54) is 6.07 Å². The van der Waals surface area contributed by atoms with Crippen LogP contribution in [0.2, 0.25) is 5.02 Å². The maximum atomic E-state index is 13.0. The maximum Gasteiger partial charge on any atom is 0.292 e. The third kappa shape index (κ3) is 3.22. The molecule has 1 aromatic carbocycles. The smallest absolute Gasteiger partial charge is 0.292 e. The van der Waals surface area contributed by atoms with Crippen LogP contribution in [0.3, 0.4) is 0 Å². The fraction of sp³-hybridized carbons (Fsp3) is 0.444. The minimum Gasteiger partial charge on any atom is -0.451 e. The molecular weight excluding hydrogens is 379 g/mol. The second-order valence-electron chi connectivity index (χ2n) is 6.67. The highest BCUT2D eigenvalue weighted by Gasteiger charge is 2.47. The lowest BCUT2D eigenvalue weighted by Gasteiger charge is -2.42. The van der Waals surface area contributed by atoms with Crippen LogP contribution < -0.4 is 5.43 Å². The lowest BCUT2D eigenvalue weighted by molar-refractivity contribution is -0.103. The van der Waals surface area contributed by atoms with Crippen LogP contribution in [0.15, 0.2) is 33.5 Å². The summed E-state index contributed by atoms with van der Waals surface area (Å²) in [5.41, 5.74) is -0.501. The van der Waals surface area contributed by atoms with E-state index in [0.717, 1.165) is 25.9 Å². The molecule has 2 aliphatic rings. The van der Waals surface area contributed by atoms with Gasteiger partial charge in [-0.05, 0) is 25.2 Å². The summed E-state index contributed by atoms with van der Waals surface area (Å²) in [4.78, 5) is 29.3. The SMILES string of the molecule is CN1CCC2(CC1)OCCN2C(=O)c1cc(=O)c2cc(Cl)ccc2o1.Cl. The topological polar surface area (TPSA) is 63.0 Å². The van der Waals surface area contributed by atoms with Crippen LogP contribution in [0.1, 0.15) is 23.4 Å². The lowest BCUT2D eigenvalue weighted by atomic mass is 9.99. The summed E-state index contributed by atoms with van der Waals surface area (Å²) in [5, 5.41) is 0.827. The molecule has 0 atom stereocenters. The number of benzene rings is 1. The molecule has 2 aliphatic heterocycles. The molecule has 0 bridgehead atoms. The zero-order valence-corrected chi connectivity index (χ0v) is 15.9.